The number of hydrogen-bond acceptors (Lipinski definition) is 7. The van der Waals surface area contributed by atoms with Crippen molar-refractivity contribution in [1.29, 1.82) is 0 Å². The first-order chi connectivity index (χ1) is 14.3. The van der Waals surface area contributed by atoms with Crippen molar-refractivity contribution >= 4 is 32.2 Å². The summed E-state index contributed by atoms with van der Waals surface area (Å²) in [7, 11) is -3.30. The number of carbonyl (C=O) groups is 1. The third-order valence-corrected chi connectivity index (χ3v) is 6.17. The highest BCUT2D eigenvalue weighted by Gasteiger charge is 2.16. The van der Waals surface area contributed by atoms with Crippen molar-refractivity contribution in [1.82, 2.24) is 19.7 Å². The average Bonchev–Trinajstić information content (AvgIpc) is 3.38. The Hall–Kier alpha value is -3.37. The molecule has 1 N–H and O–H groups in total. The van der Waals surface area contributed by atoms with Gasteiger partial charge in [-0.3, -0.25) is 15.1 Å². The Bertz CT molecular complexity index is 1310. The molecule has 0 unspecified atom stereocenters. The fourth-order valence-electron chi connectivity index (χ4n) is 2.74. The molecule has 0 aliphatic carbocycles. The normalized spacial score (nSPS) is 11.4. The molecule has 10 heteroatoms. The summed E-state index contributed by atoms with van der Waals surface area (Å²) in [5.74, 6) is -0.377. The Balaban J connectivity index is 1.54. The number of sulfone groups is 1. The Kier molecular flexibility index (Phi) is 5.18. The molecule has 0 spiro atoms. The summed E-state index contributed by atoms with van der Waals surface area (Å²) in [5, 5.41) is 9.23. The summed E-state index contributed by atoms with van der Waals surface area (Å²) in [4.78, 5) is 21.7. The first kappa shape index (κ1) is 19.9. The zero-order chi connectivity index (χ0) is 21.3. The van der Waals surface area contributed by atoms with Crippen molar-refractivity contribution in [3.63, 3.8) is 0 Å². The maximum Gasteiger partial charge on any atom is 0.276 e. The van der Waals surface area contributed by atoms with E-state index in [0.29, 0.717) is 22.2 Å². The number of aryl methyl sites for hydroxylation is 1. The van der Waals surface area contributed by atoms with Crippen LogP contribution >= 0.6 is 11.3 Å². The standard InChI is InChI=1S/C20H17N5O3S2/c1-13-3-8-16(21-11-13)17-12-29-20(23-17)24-19(26)18-9-10-22-25(18)14-4-6-15(7-5-14)30(2,27)28/h3-12H,1-2H3,(H,23,24,26). The summed E-state index contributed by atoms with van der Waals surface area (Å²) in [6, 6.07) is 11.6. The molecule has 0 saturated carbocycles. The van der Waals surface area contributed by atoms with Crippen LogP contribution in [0.2, 0.25) is 0 Å². The molecule has 30 heavy (non-hydrogen) atoms. The first-order valence-corrected chi connectivity index (χ1v) is 11.6. The average molecular weight is 440 g/mol. The van der Waals surface area contributed by atoms with Gasteiger partial charge in [0.05, 0.1) is 22.5 Å². The molecule has 1 aromatic carbocycles. The van der Waals surface area contributed by atoms with E-state index in [2.05, 4.69) is 20.4 Å². The highest BCUT2D eigenvalue weighted by molar-refractivity contribution is 7.90. The molecule has 4 aromatic rings. The molecular weight excluding hydrogens is 422 g/mol. The second-order valence-corrected chi connectivity index (χ2v) is 9.48. The van der Waals surface area contributed by atoms with Gasteiger partial charge < -0.3 is 0 Å². The molecule has 0 bridgehead atoms. The molecule has 0 saturated heterocycles. The Morgan fingerprint density at radius 2 is 1.83 bits per heavy atom. The predicted molar refractivity (Wildman–Crippen MR) is 115 cm³/mol. The van der Waals surface area contributed by atoms with Crippen LogP contribution in [0.5, 0.6) is 0 Å². The molecule has 4 rings (SSSR count). The zero-order valence-corrected chi connectivity index (χ0v) is 17.7. The monoisotopic (exact) mass is 439 g/mol. The molecule has 0 aliphatic heterocycles. The quantitative estimate of drug-likeness (QED) is 0.511. The van der Waals surface area contributed by atoms with Crippen LogP contribution in [-0.4, -0.2) is 40.3 Å². The maximum atomic E-state index is 12.8. The molecule has 3 heterocycles. The topological polar surface area (TPSA) is 107 Å². The van der Waals surface area contributed by atoms with Crippen LogP contribution < -0.4 is 5.32 Å². The number of carbonyl (C=O) groups excluding carboxylic acids is 1. The van der Waals surface area contributed by atoms with Crippen LogP contribution in [0.3, 0.4) is 0 Å². The fourth-order valence-corrected chi connectivity index (χ4v) is 4.07. The smallest absolute Gasteiger partial charge is 0.276 e. The minimum absolute atomic E-state index is 0.199. The van der Waals surface area contributed by atoms with E-state index < -0.39 is 9.84 Å². The lowest BCUT2D eigenvalue weighted by atomic mass is 10.2. The van der Waals surface area contributed by atoms with E-state index in [4.69, 9.17) is 0 Å². The van der Waals surface area contributed by atoms with Crippen molar-refractivity contribution in [2.45, 2.75) is 11.8 Å². The largest absolute Gasteiger partial charge is 0.296 e. The number of nitrogens with zero attached hydrogens (tertiary/aromatic N) is 4. The molecule has 152 valence electrons. The number of nitrogens with one attached hydrogen (secondary N) is 1. The highest BCUT2D eigenvalue weighted by atomic mass is 32.2. The summed E-state index contributed by atoms with van der Waals surface area (Å²) in [5.41, 5.74) is 3.34. The highest BCUT2D eigenvalue weighted by Crippen LogP contribution is 2.24. The van der Waals surface area contributed by atoms with Gasteiger partial charge in [0.1, 0.15) is 11.4 Å². The Morgan fingerprint density at radius 3 is 2.50 bits per heavy atom. The van der Waals surface area contributed by atoms with E-state index in [1.807, 2.05) is 24.4 Å². The minimum atomic E-state index is -3.30. The number of thiazole rings is 1. The van der Waals surface area contributed by atoms with Gasteiger partial charge in [-0.2, -0.15) is 5.10 Å². The van der Waals surface area contributed by atoms with Crippen LogP contribution in [0.4, 0.5) is 5.13 Å². The van der Waals surface area contributed by atoms with E-state index in [-0.39, 0.29) is 10.8 Å². The van der Waals surface area contributed by atoms with E-state index in [9.17, 15) is 13.2 Å². The van der Waals surface area contributed by atoms with E-state index in [0.717, 1.165) is 17.5 Å². The predicted octanol–water partition coefficient (Wildman–Crippen LogP) is 3.36. The molecule has 0 fully saturated rings. The Labute approximate surface area is 177 Å². The van der Waals surface area contributed by atoms with E-state index in [1.54, 1.807) is 24.4 Å². The van der Waals surface area contributed by atoms with Crippen molar-refractivity contribution in [3.05, 3.63) is 71.5 Å². The summed E-state index contributed by atoms with van der Waals surface area (Å²) < 4.78 is 24.7. The molecular formula is C20H17N5O3S2. The summed E-state index contributed by atoms with van der Waals surface area (Å²) in [6.45, 7) is 1.96. The summed E-state index contributed by atoms with van der Waals surface area (Å²) >= 11 is 1.30. The van der Waals surface area contributed by atoms with Crippen LogP contribution in [-0.2, 0) is 9.84 Å². The van der Waals surface area contributed by atoms with E-state index >= 15 is 0 Å². The molecule has 0 radical (unpaired) electrons. The van der Waals surface area contributed by atoms with Crippen LogP contribution in [0.15, 0.2) is 65.1 Å². The minimum Gasteiger partial charge on any atom is -0.296 e. The number of aromatic nitrogens is 4. The second kappa shape index (κ2) is 7.81. The van der Waals surface area contributed by atoms with Crippen LogP contribution in [0, 0.1) is 6.92 Å². The van der Waals surface area contributed by atoms with Gasteiger partial charge in [0.25, 0.3) is 5.91 Å². The van der Waals surface area contributed by atoms with E-state index in [1.165, 1.54) is 34.3 Å². The van der Waals surface area contributed by atoms with Gasteiger partial charge in [-0.1, -0.05) is 6.07 Å². The number of amides is 1. The third-order valence-electron chi connectivity index (χ3n) is 4.28. The molecule has 8 nitrogen and oxygen atoms in total. The number of hydrogen-bond donors (Lipinski definition) is 1. The van der Waals surface area contributed by atoms with Gasteiger partial charge in [-0.05, 0) is 48.9 Å². The molecule has 0 aliphatic rings. The van der Waals surface area contributed by atoms with Gasteiger partial charge in [0.15, 0.2) is 15.0 Å². The fraction of sp³-hybridized carbons (Fsp3) is 0.100. The van der Waals surface area contributed by atoms with Crippen molar-refractivity contribution < 1.29 is 13.2 Å². The first-order valence-electron chi connectivity index (χ1n) is 8.86. The van der Waals surface area contributed by atoms with Crippen molar-refractivity contribution in [3.8, 4) is 17.1 Å². The van der Waals surface area contributed by atoms with Gasteiger partial charge in [-0.25, -0.2) is 18.1 Å². The summed E-state index contributed by atoms with van der Waals surface area (Å²) in [6.07, 6.45) is 4.41. The lowest BCUT2D eigenvalue weighted by molar-refractivity contribution is 0.101. The van der Waals surface area contributed by atoms with Gasteiger partial charge in [0.2, 0.25) is 0 Å². The van der Waals surface area contributed by atoms with Crippen LogP contribution in [0.25, 0.3) is 17.1 Å². The van der Waals surface area contributed by atoms with Crippen LogP contribution in [0.1, 0.15) is 16.1 Å². The third kappa shape index (κ3) is 4.14. The van der Waals surface area contributed by atoms with Crippen molar-refractivity contribution in [2.24, 2.45) is 0 Å². The molecule has 1 amide bonds. The zero-order valence-electron chi connectivity index (χ0n) is 16.1. The number of rotatable bonds is 5. The Morgan fingerprint density at radius 1 is 1.07 bits per heavy atom. The number of benzene rings is 1. The molecule has 0 atom stereocenters. The van der Waals surface area contributed by atoms with Crippen molar-refractivity contribution in [2.75, 3.05) is 11.6 Å². The lowest BCUT2D eigenvalue weighted by Gasteiger charge is -2.08. The van der Waals surface area contributed by atoms with Gasteiger partial charge in [-0.15, -0.1) is 11.3 Å². The number of anilines is 1. The molecule has 3 aromatic heterocycles. The van der Waals surface area contributed by atoms with Gasteiger partial charge >= 0.3 is 0 Å². The maximum absolute atomic E-state index is 12.8. The SMILES string of the molecule is Cc1ccc(-c2csc(NC(=O)c3ccnn3-c3ccc(S(C)(=O)=O)cc3)n2)nc1. The lowest BCUT2D eigenvalue weighted by Crippen LogP contribution is -2.17. The number of pyridine rings is 1. The second-order valence-electron chi connectivity index (χ2n) is 6.61. The van der Waals surface area contributed by atoms with Gasteiger partial charge in [0, 0.05) is 17.8 Å².